The average Bonchev–Trinajstić information content (AvgIpc) is 2.36. The van der Waals surface area contributed by atoms with Gasteiger partial charge in [0.15, 0.2) is 0 Å². The van der Waals surface area contributed by atoms with Crippen molar-refractivity contribution in [3.05, 3.63) is 42.1 Å². The minimum atomic E-state index is 0.202. The largest absolute Gasteiger partial charge is 0.299 e. The predicted molar refractivity (Wildman–Crippen MR) is 70.4 cm³/mol. The molecule has 0 amide bonds. The Morgan fingerprint density at radius 3 is 2.82 bits per heavy atom. The Labute approximate surface area is 106 Å². The molecule has 0 aliphatic carbocycles. The summed E-state index contributed by atoms with van der Waals surface area (Å²) in [6, 6.07) is 11.8. The number of ketones is 1. The Kier molecular flexibility index (Phi) is 4.10. The van der Waals surface area contributed by atoms with Gasteiger partial charge in [0, 0.05) is 29.8 Å². The Morgan fingerprint density at radius 1 is 1.18 bits per heavy atom. The monoisotopic (exact) mass is 247 g/mol. The first-order valence-electron chi connectivity index (χ1n) is 5.72. The number of alkyl halides is 1. The summed E-state index contributed by atoms with van der Waals surface area (Å²) >= 11 is 5.56. The number of rotatable bonds is 5. The zero-order valence-corrected chi connectivity index (χ0v) is 10.3. The topological polar surface area (TPSA) is 30.0 Å². The molecule has 2 rings (SSSR count). The first-order valence-corrected chi connectivity index (χ1v) is 6.25. The number of halogens is 1. The fourth-order valence-corrected chi connectivity index (χ4v) is 1.89. The number of carbonyl (C=O) groups excluding carboxylic acids is 1. The molecule has 1 aromatic carbocycles. The maximum atomic E-state index is 11.6. The Hall–Kier alpha value is -1.41. The molecule has 2 aromatic rings. The van der Waals surface area contributed by atoms with Crippen LogP contribution >= 0.6 is 11.6 Å². The third-order valence-corrected chi connectivity index (χ3v) is 2.89. The van der Waals surface area contributed by atoms with Crippen LogP contribution in [-0.4, -0.2) is 16.6 Å². The number of carbonyl (C=O) groups is 1. The van der Waals surface area contributed by atoms with Crippen LogP contribution in [0.3, 0.4) is 0 Å². The second-order valence-corrected chi connectivity index (χ2v) is 4.38. The van der Waals surface area contributed by atoms with E-state index in [1.807, 2.05) is 36.4 Å². The van der Waals surface area contributed by atoms with E-state index in [1.54, 1.807) is 0 Å². The maximum Gasteiger partial charge on any atom is 0.138 e. The second-order valence-electron chi connectivity index (χ2n) is 4.00. The average molecular weight is 248 g/mol. The molecular weight excluding hydrogens is 234 g/mol. The number of Topliss-reactive ketones (excluding diaryl/α,β-unsaturated/α-hetero) is 1. The van der Waals surface area contributed by atoms with Crippen molar-refractivity contribution in [2.45, 2.75) is 19.3 Å². The molecule has 3 heteroatoms. The molecule has 0 bridgehead atoms. The first kappa shape index (κ1) is 12.1. The van der Waals surface area contributed by atoms with Crippen molar-refractivity contribution in [1.29, 1.82) is 0 Å². The van der Waals surface area contributed by atoms with E-state index in [0.29, 0.717) is 18.7 Å². The van der Waals surface area contributed by atoms with Crippen molar-refractivity contribution in [3.8, 4) is 0 Å². The van der Waals surface area contributed by atoms with Crippen molar-refractivity contribution in [2.75, 3.05) is 5.88 Å². The quantitative estimate of drug-likeness (QED) is 0.759. The summed E-state index contributed by atoms with van der Waals surface area (Å²) in [5, 5.41) is 1.10. The lowest BCUT2D eigenvalue weighted by Gasteiger charge is -2.02. The number of nitrogens with zero attached hydrogens (tertiary/aromatic N) is 1. The third kappa shape index (κ3) is 3.27. The van der Waals surface area contributed by atoms with Gasteiger partial charge in [0.2, 0.25) is 0 Å². The molecule has 0 saturated heterocycles. The smallest absolute Gasteiger partial charge is 0.138 e. The highest BCUT2D eigenvalue weighted by Gasteiger charge is 2.05. The molecule has 2 nitrogen and oxygen atoms in total. The molecule has 1 aromatic heterocycles. The van der Waals surface area contributed by atoms with Crippen LogP contribution in [0.5, 0.6) is 0 Å². The highest BCUT2D eigenvalue weighted by Crippen LogP contribution is 2.12. The molecule has 0 N–H and O–H groups in total. The van der Waals surface area contributed by atoms with Gasteiger partial charge in [0.05, 0.1) is 5.52 Å². The van der Waals surface area contributed by atoms with E-state index in [9.17, 15) is 4.79 Å². The maximum absolute atomic E-state index is 11.6. The number of pyridine rings is 1. The van der Waals surface area contributed by atoms with Crippen molar-refractivity contribution < 1.29 is 4.79 Å². The van der Waals surface area contributed by atoms with Crippen LogP contribution in [-0.2, 0) is 11.2 Å². The van der Waals surface area contributed by atoms with Crippen molar-refractivity contribution in [1.82, 2.24) is 4.98 Å². The van der Waals surface area contributed by atoms with Gasteiger partial charge in [-0.15, -0.1) is 11.6 Å². The van der Waals surface area contributed by atoms with Gasteiger partial charge in [-0.2, -0.15) is 0 Å². The van der Waals surface area contributed by atoms with Gasteiger partial charge in [-0.05, 0) is 18.6 Å². The molecule has 1 heterocycles. The summed E-state index contributed by atoms with van der Waals surface area (Å²) < 4.78 is 0. The predicted octanol–water partition coefficient (Wildman–Crippen LogP) is 3.37. The number of fused-ring (bicyclic) bond motifs is 1. The highest BCUT2D eigenvalue weighted by atomic mass is 35.5. The zero-order chi connectivity index (χ0) is 12.1. The molecular formula is C14H14ClNO. The molecule has 0 aliphatic rings. The van der Waals surface area contributed by atoms with Gasteiger partial charge in [0.25, 0.3) is 0 Å². The summed E-state index contributed by atoms with van der Waals surface area (Å²) in [6.45, 7) is 0. The van der Waals surface area contributed by atoms with Crippen LogP contribution in [0.15, 0.2) is 36.4 Å². The molecule has 17 heavy (non-hydrogen) atoms. The molecule has 0 fully saturated rings. The summed E-state index contributed by atoms with van der Waals surface area (Å²) in [5.74, 6) is 0.741. The van der Waals surface area contributed by atoms with Crippen molar-refractivity contribution in [2.24, 2.45) is 0 Å². The SMILES string of the molecule is O=C(CCCCl)Cc1ccc2ccccc2n1. The van der Waals surface area contributed by atoms with Gasteiger partial charge >= 0.3 is 0 Å². The molecule has 0 atom stereocenters. The number of aromatic nitrogens is 1. The van der Waals surface area contributed by atoms with E-state index in [4.69, 9.17) is 11.6 Å². The van der Waals surface area contributed by atoms with Gasteiger partial charge in [-0.25, -0.2) is 0 Å². The summed E-state index contributed by atoms with van der Waals surface area (Å²) in [7, 11) is 0. The number of hydrogen-bond acceptors (Lipinski definition) is 2. The Morgan fingerprint density at radius 2 is 2.00 bits per heavy atom. The highest BCUT2D eigenvalue weighted by molar-refractivity contribution is 6.17. The van der Waals surface area contributed by atoms with Gasteiger partial charge in [-0.3, -0.25) is 9.78 Å². The summed E-state index contributed by atoms with van der Waals surface area (Å²) in [4.78, 5) is 16.1. The van der Waals surface area contributed by atoms with E-state index in [2.05, 4.69) is 4.98 Å². The van der Waals surface area contributed by atoms with Crippen LogP contribution < -0.4 is 0 Å². The standard InChI is InChI=1S/C14H14ClNO/c15-9-3-5-13(17)10-12-8-7-11-4-1-2-6-14(11)16-12/h1-2,4,6-8H,3,5,9-10H2. The minimum absolute atomic E-state index is 0.202. The van der Waals surface area contributed by atoms with E-state index in [-0.39, 0.29) is 5.78 Å². The first-order chi connectivity index (χ1) is 8.29. The van der Waals surface area contributed by atoms with Crippen molar-refractivity contribution in [3.63, 3.8) is 0 Å². The molecule has 0 unspecified atom stereocenters. The number of hydrogen-bond donors (Lipinski definition) is 0. The Bertz CT molecular complexity index is 524. The second kappa shape index (κ2) is 5.78. The third-order valence-electron chi connectivity index (χ3n) is 2.62. The van der Waals surface area contributed by atoms with Crippen LogP contribution in [0, 0.1) is 0 Å². The van der Waals surface area contributed by atoms with Crippen molar-refractivity contribution >= 4 is 28.3 Å². The van der Waals surface area contributed by atoms with Gasteiger partial charge in [0.1, 0.15) is 5.78 Å². The molecule has 0 radical (unpaired) electrons. The van der Waals surface area contributed by atoms with E-state index in [0.717, 1.165) is 23.0 Å². The van der Waals surface area contributed by atoms with Crippen LogP contribution in [0.4, 0.5) is 0 Å². The molecule has 0 spiro atoms. The van der Waals surface area contributed by atoms with Gasteiger partial charge in [-0.1, -0.05) is 24.3 Å². The van der Waals surface area contributed by atoms with Gasteiger partial charge < -0.3 is 0 Å². The van der Waals surface area contributed by atoms with E-state index in [1.165, 1.54) is 0 Å². The summed E-state index contributed by atoms with van der Waals surface area (Å²) in [5.41, 5.74) is 1.78. The molecule has 0 saturated carbocycles. The minimum Gasteiger partial charge on any atom is -0.299 e. The lowest BCUT2D eigenvalue weighted by Crippen LogP contribution is -2.04. The number of para-hydroxylation sites is 1. The lowest BCUT2D eigenvalue weighted by molar-refractivity contribution is -0.118. The van der Waals surface area contributed by atoms with Crippen LogP contribution in [0.1, 0.15) is 18.5 Å². The van der Waals surface area contributed by atoms with Crippen LogP contribution in [0.25, 0.3) is 10.9 Å². The number of benzene rings is 1. The normalized spacial score (nSPS) is 10.6. The fraction of sp³-hybridized carbons (Fsp3) is 0.286. The Balaban J connectivity index is 2.11. The molecule has 0 aliphatic heterocycles. The lowest BCUT2D eigenvalue weighted by atomic mass is 10.1. The van der Waals surface area contributed by atoms with E-state index >= 15 is 0 Å². The summed E-state index contributed by atoms with van der Waals surface area (Å²) in [6.07, 6.45) is 1.69. The van der Waals surface area contributed by atoms with E-state index < -0.39 is 0 Å². The molecule has 88 valence electrons. The fourth-order valence-electron chi connectivity index (χ4n) is 1.76. The zero-order valence-electron chi connectivity index (χ0n) is 9.53. The van der Waals surface area contributed by atoms with Crippen LogP contribution in [0.2, 0.25) is 0 Å².